The van der Waals surface area contributed by atoms with Crippen LogP contribution >= 0.6 is 0 Å². The second-order valence-electron chi connectivity index (χ2n) is 4.72. The lowest BCUT2D eigenvalue weighted by molar-refractivity contribution is -0.830. The van der Waals surface area contributed by atoms with Crippen molar-refractivity contribution in [3.8, 4) is 0 Å². The first-order chi connectivity index (χ1) is 11.7. The maximum Gasteiger partial charge on any atom is 0.320 e. The van der Waals surface area contributed by atoms with Crippen molar-refractivity contribution >= 4 is 23.5 Å². The molecule has 2 rings (SSSR count). The number of nitrogens with zero attached hydrogens (tertiary/aromatic N) is 1. The van der Waals surface area contributed by atoms with Gasteiger partial charge in [-0.2, -0.15) is 5.48 Å². The molecule has 5 N–H and O–H groups in total. The van der Waals surface area contributed by atoms with Crippen molar-refractivity contribution in [1.82, 2.24) is 5.32 Å². The van der Waals surface area contributed by atoms with Gasteiger partial charge in [-0.1, -0.05) is 24.3 Å². The monoisotopic (exact) mass is 335 g/mol. The predicted octanol–water partition coefficient (Wildman–Crippen LogP) is 1.38. The summed E-state index contributed by atoms with van der Waals surface area (Å²) >= 11 is 0. The van der Waals surface area contributed by atoms with Crippen LogP contribution in [0.4, 0.5) is 11.4 Å². The summed E-state index contributed by atoms with van der Waals surface area (Å²) in [4.78, 5) is 9.29. The SMILES string of the molecule is CCNC=O.CCOC1=CC=CC/C1=[N+](/O)c1ccccc1[NH2+]O. The number of rotatable bonds is 6. The molecule has 0 aromatic heterocycles. The van der Waals surface area contributed by atoms with Crippen LogP contribution in [0.1, 0.15) is 20.3 Å². The Bertz CT molecular complexity index is 624. The van der Waals surface area contributed by atoms with E-state index in [1.807, 2.05) is 32.1 Å². The molecule has 0 unspecified atom stereocenters. The quantitative estimate of drug-likeness (QED) is 0.207. The van der Waals surface area contributed by atoms with E-state index >= 15 is 0 Å². The highest BCUT2D eigenvalue weighted by atomic mass is 16.5. The molecule has 0 saturated carbocycles. The highest BCUT2D eigenvalue weighted by Crippen LogP contribution is 2.21. The molecular weight excluding hydrogens is 310 g/mol. The third kappa shape index (κ3) is 5.53. The van der Waals surface area contributed by atoms with Crippen LogP contribution in [0.3, 0.4) is 0 Å². The van der Waals surface area contributed by atoms with Gasteiger partial charge in [0.25, 0.3) is 5.71 Å². The minimum absolute atomic E-state index is 0.515. The Morgan fingerprint density at radius 3 is 2.71 bits per heavy atom. The average molecular weight is 335 g/mol. The summed E-state index contributed by atoms with van der Waals surface area (Å²) < 4.78 is 6.57. The summed E-state index contributed by atoms with van der Waals surface area (Å²) in [6.07, 6.45) is 6.90. The van der Waals surface area contributed by atoms with Gasteiger partial charge >= 0.3 is 5.69 Å². The number of carbonyl (C=O) groups excluding carboxylic acids is 1. The van der Waals surface area contributed by atoms with Gasteiger partial charge in [0.15, 0.2) is 5.76 Å². The number of benzene rings is 1. The second-order valence-corrected chi connectivity index (χ2v) is 4.72. The predicted molar refractivity (Wildman–Crippen MR) is 89.7 cm³/mol. The van der Waals surface area contributed by atoms with Crippen LogP contribution in [0.2, 0.25) is 0 Å². The Kier molecular flexibility index (Phi) is 8.88. The number of carbonyl (C=O) groups is 1. The fraction of sp³-hybridized carbons (Fsp3) is 0.294. The molecule has 1 aromatic rings. The molecule has 1 aliphatic carbocycles. The smallest absolute Gasteiger partial charge is 0.320 e. The van der Waals surface area contributed by atoms with E-state index in [2.05, 4.69) is 5.32 Å². The van der Waals surface area contributed by atoms with E-state index < -0.39 is 0 Å². The van der Waals surface area contributed by atoms with E-state index in [1.165, 1.54) is 0 Å². The summed E-state index contributed by atoms with van der Waals surface area (Å²) in [6.45, 7) is 5.02. The third-order valence-corrected chi connectivity index (χ3v) is 3.13. The van der Waals surface area contributed by atoms with Gasteiger partial charge in [-0.05, 0) is 19.9 Å². The Labute approximate surface area is 141 Å². The van der Waals surface area contributed by atoms with Crippen LogP contribution in [0.25, 0.3) is 0 Å². The molecule has 7 heteroatoms. The van der Waals surface area contributed by atoms with Crippen molar-refractivity contribution in [2.24, 2.45) is 0 Å². The Hall–Kier alpha value is -2.64. The zero-order valence-electron chi connectivity index (χ0n) is 14.0. The zero-order chi connectivity index (χ0) is 17.8. The number of hydrogen-bond donors (Lipinski definition) is 4. The first-order valence-corrected chi connectivity index (χ1v) is 7.77. The van der Waals surface area contributed by atoms with Gasteiger partial charge in [0, 0.05) is 23.4 Å². The van der Waals surface area contributed by atoms with E-state index in [-0.39, 0.29) is 0 Å². The lowest BCUT2D eigenvalue weighted by Crippen LogP contribution is -2.73. The number of ether oxygens (including phenoxy) is 1. The standard InChI is InChI=1S/C14H17N2O3.C3H7NO/c1-2-19-14-10-6-5-9-13(14)16(18)12-8-4-3-7-11(12)15-17;1-2-4-3-5/h3-8,10,15,17-18H,2,9H2,1H3;3H,2H2,1H3,(H,4,5)/q+1;/p+1/b16-13-;. The number of hydrogen-bond acceptors (Lipinski definition) is 4. The van der Waals surface area contributed by atoms with E-state index in [0.29, 0.717) is 42.3 Å². The van der Waals surface area contributed by atoms with E-state index in [0.717, 1.165) is 16.8 Å². The third-order valence-electron chi connectivity index (χ3n) is 3.13. The fourth-order valence-electron chi connectivity index (χ4n) is 2.03. The molecule has 1 aromatic carbocycles. The Morgan fingerprint density at radius 2 is 2.12 bits per heavy atom. The normalized spacial score (nSPS) is 14.9. The molecule has 0 spiro atoms. The van der Waals surface area contributed by atoms with Crippen LogP contribution in [-0.4, -0.2) is 40.4 Å². The summed E-state index contributed by atoms with van der Waals surface area (Å²) in [5.41, 5.74) is 2.68. The number of allylic oxidation sites excluding steroid dienone is 4. The van der Waals surface area contributed by atoms with Crippen LogP contribution in [-0.2, 0) is 9.53 Å². The van der Waals surface area contributed by atoms with Gasteiger partial charge in [0.05, 0.1) is 13.0 Å². The van der Waals surface area contributed by atoms with Crippen LogP contribution in [0, 0.1) is 0 Å². The van der Waals surface area contributed by atoms with Crippen LogP contribution in [0.15, 0.2) is 48.3 Å². The first-order valence-electron chi connectivity index (χ1n) is 7.77. The van der Waals surface area contributed by atoms with Crippen molar-refractivity contribution in [3.63, 3.8) is 0 Å². The highest BCUT2D eigenvalue weighted by molar-refractivity contribution is 5.97. The number of para-hydroxylation sites is 2. The van der Waals surface area contributed by atoms with Gasteiger partial charge in [0.2, 0.25) is 12.1 Å². The molecular formula is C17H25N3O4+2. The molecule has 0 fully saturated rings. The largest absolute Gasteiger partial charge is 0.487 e. The molecule has 130 valence electrons. The number of nitrogens with two attached hydrogens (primary N) is 1. The zero-order valence-corrected chi connectivity index (χ0v) is 14.0. The number of nitrogens with one attached hydrogen (secondary N) is 1. The van der Waals surface area contributed by atoms with Gasteiger partial charge < -0.3 is 10.1 Å². The fourth-order valence-corrected chi connectivity index (χ4v) is 2.03. The molecule has 0 radical (unpaired) electrons. The number of quaternary nitrogens is 1. The first kappa shape index (κ1) is 19.4. The molecule has 24 heavy (non-hydrogen) atoms. The van der Waals surface area contributed by atoms with E-state index in [4.69, 9.17) is 4.74 Å². The highest BCUT2D eigenvalue weighted by Gasteiger charge is 2.27. The van der Waals surface area contributed by atoms with Crippen molar-refractivity contribution in [1.29, 1.82) is 0 Å². The van der Waals surface area contributed by atoms with Crippen LogP contribution < -0.4 is 10.8 Å². The summed E-state index contributed by atoms with van der Waals surface area (Å²) in [6, 6.07) is 7.05. The second kappa shape index (κ2) is 11.0. The topological polar surface area (TPSA) is 98.4 Å². The van der Waals surface area contributed by atoms with Crippen molar-refractivity contribution in [2.45, 2.75) is 20.3 Å². The lowest BCUT2D eigenvalue weighted by Gasteiger charge is -2.09. The molecule has 7 nitrogen and oxygen atoms in total. The maximum atomic E-state index is 10.4. The average Bonchev–Trinajstić information content (AvgIpc) is 2.63. The molecule has 0 heterocycles. The lowest BCUT2D eigenvalue weighted by atomic mass is 10.1. The Balaban J connectivity index is 0.000000505. The van der Waals surface area contributed by atoms with Gasteiger partial charge in [-0.15, -0.1) is 0 Å². The molecule has 0 bridgehead atoms. The molecule has 1 amide bonds. The minimum Gasteiger partial charge on any atom is -0.487 e. The summed E-state index contributed by atoms with van der Waals surface area (Å²) in [5, 5.41) is 22.0. The van der Waals surface area contributed by atoms with Gasteiger partial charge in [-0.3, -0.25) is 10.0 Å². The molecule has 1 aliphatic rings. The molecule has 0 saturated heterocycles. The Morgan fingerprint density at radius 1 is 1.38 bits per heavy atom. The number of amides is 1. The van der Waals surface area contributed by atoms with Gasteiger partial charge in [0.1, 0.15) is 0 Å². The van der Waals surface area contributed by atoms with E-state index in [9.17, 15) is 15.2 Å². The summed E-state index contributed by atoms with van der Waals surface area (Å²) in [5.74, 6) is 0.639. The van der Waals surface area contributed by atoms with Crippen molar-refractivity contribution in [3.05, 3.63) is 48.3 Å². The van der Waals surface area contributed by atoms with Gasteiger partial charge in [-0.25, -0.2) is 5.21 Å². The maximum absolute atomic E-state index is 10.4. The summed E-state index contributed by atoms with van der Waals surface area (Å²) in [7, 11) is 0. The van der Waals surface area contributed by atoms with Crippen molar-refractivity contribution < 1.29 is 30.2 Å². The van der Waals surface area contributed by atoms with Crippen LogP contribution in [0.5, 0.6) is 0 Å². The minimum atomic E-state index is 0.515. The molecule has 0 atom stereocenters. The molecule has 0 aliphatic heterocycles. The van der Waals surface area contributed by atoms with E-state index in [1.54, 1.807) is 24.3 Å². The van der Waals surface area contributed by atoms with Crippen molar-refractivity contribution in [2.75, 3.05) is 13.2 Å².